The third-order valence-corrected chi connectivity index (χ3v) is 5.05. The van der Waals surface area contributed by atoms with E-state index < -0.39 is 0 Å². The monoisotopic (exact) mass is 382 g/mol. The number of carbonyl (C=O) groups excluding carboxylic acids is 2. The number of piperazine rings is 1. The van der Waals surface area contributed by atoms with Crippen LogP contribution in [0, 0.1) is 6.92 Å². The summed E-state index contributed by atoms with van der Waals surface area (Å²) in [6, 6.07) is 11.2. The highest BCUT2D eigenvalue weighted by Crippen LogP contribution is 2.16. The summed E-state index contributed by atoms with van der Waals surface area (Å²) in [7, 11) is 0. The lowest BCUT2D eigenvalue weighted by atomic mass is 10.1. The Bertz CT molecular complexity index is 897. The van der Waals surface area contributed by atoms with Gasteiger partial charge in [0.05, 0.1) is 5.69 Å². The molecular formula is C21H26N4O3. The minimum absolute atomic E-state index is 0.0472. The van der Waals surface area contributed by atoms with E-state index in [2.05, 4.69) is 5.10 Å². The van der Waals surface area contributed by atoms with Gasteiger partial charge in [-0.3, -0.25) is 14.4 Å². The summed E-state index contributed by atoms with van der Waals surface area (Å²) in [4.78, 5) is 39.4. The molecule has 28 heavy (non-hydrogen) atoms. The summed E-state index contributed by atoms with van der Waals surface area (Å²) in [5.41, 5.74) is 2.70. The molecule has 0 unspecified atom stereocenters. The van der Waals surface area contributed by atoms with Crippen LogP contribution in [0.25, 0.3) is 11.3 Å². The zero-order valence-electron chi connectivity index (χ0n) is 16.4. The average molecular weight is 382 g/mol. The summed E-state index contributed by atoms with van der Waals surface area (Å²) >= 11 is 0. The van der Waals surface area contributed by atoms with Crippen molar-refractivity contribution < 1.29 is 9.59 Å². The van der Waals surface area contributed by atoms with E-state index in [0.717, 1.165) is 11.3 Å². The number of aromatic nitrogens is 2. The van der Waals surface area contributed by atoms with Gasteiger partial charge in [0.1, 0.15) is 0 Å². The Labute approximate surface area is 164 Å². The molecule has 1 fully saturated rings. The molecule has 1 aromatic carbocycles. The fourth-order valence-corrected chi connectivity index (χ4v) is 3.30. The van der Waals surface area contributed by atoms with Crippen molar-refractivity contribution in [1.29, 1.82) is 0 Å². The predicted molar refractivity (Wildman–Crippen MR) is 107 cm³/mol. The molecule has 0 saturated carbocycles. The van der Waals surface area contributed by atoms with Crippen molar-refractivity contribution in [2.75, 3.05) is 26.2 Å². The van der Waals surface area contributed by atoms with Gasteiger partial charge in [0.25, 0.3) is 5.56 Å². The first-order chi connectivity index (χ1) is 13.4. The van der Waals surface area contributed by atoms with Crippen LogP contribution in [-0.2, 0) is 16.1 Å². The van der Waals surface area contributed by atoms with Crippen LogP contribution < -0.4 is 5.56 Å². The minimum atomic E-state index is -0.168. The fraction of sp³-hybridized carbons (Fsp3) is 0.429. The summed E-state index contributed by atoms with van der Waals surface area (Å²) < 4.78 is 1.43. The molecule has 0 bridgehead atoms. The van der Waals surface area contributed by atoms with Gasteiger partial charge in [0.15, 0.2) is 0 Å². The van der Waals surface area contributed by atoms with Gasteiger partial charge in [0.2, 0.25) is 11.8 Å². The van der Waals surface area contributed by atoms with Crippen molar-refractivity contribution in [3.8, 4) is 11.3 Å². The Kier molecular flexibility index (Phi) is 6.23. The van der Waals surface area contributed by atoms with E-state index in [4.69, 9.17) is 0 Å². The zero-order valence-corrected chi connectivity index (χ0v) is 16.4. The molecule has 148 valence electrons. The number of benzene rings is 1. The van der Waals surface area contributed by atoms with Crippen molar-refractivity contribution in [2.24, 2.45) is 0 Å². The van der Waals surface area contributed by atoms with Crippen molar-refractivity contribution in [1.82, 2.24) is 19.6 Å². The molecule has 0 N–H and O–H groups in total. The van der Waals surface area contributed by atoms with E-state index in [1.165, 1.54) is 16.3 Å². The lowest BCUT2D eigenvalue weighted by Gasteiger charge is -2.34. The molecule has 1 saturated heterocycles. The maximum absolute atomic E-state index is 12.4. The van der Waals surface area contributed by atoms with E-state index in [-0.39, 0.29) is 17.4 Å². The van der Waals surface area contributed by atoms with E-state index in [1.807, 2.05) is 31.2 Å². The molecule has 0 aliphatic carbocycles. The number of hydrogen-bond acceptors (Lipinski definition) is 4. The molecule has 3 rings (SSSR count). The Morgan fingerprint density at radius 1 is 0.964 bits per heavy atom. The molecule has 1 aromatic heterocycles. The van der Waals surface area contributed by atoms with E-state index >= 15 is 0 Å². The summed E-state index contributed by atoms with van der Waals surface area (Å²) in [5, 5.41) is 4.45. The second-order valence-electron chi connectivity index (χ2n) is 7.14. The first-order valence-electron chi connectivity index (χ1n) is 9.62. The third kappa shape index (κ3) is 4.85. The molecule has 1 aliphatic heterocycles. The van der Waals surface area contributed by atoms with Gasteiger partial charge >= 0.3 is 0 Å². The van der Waals surface area contributed by atoms with Gasteiger partial charge in [-0.1, -0.05) is 29.8 Å². The standard InChI is InChI=1S/C21H26N4O3/c1-16-5-7-18(8-6-16)19-9-10-21(28)25(22-19)11-3-4-20(27)24-14-12-23(13-15-24)17(2)26/h5-10H,3-4,11-15H2,1-2H3. The van der Waals surface area contributed by atoms with E-state index in [0.29, 0.717) is 45.6 Å². The van der Waals surface area contributed by atoms with Gasteiger partial charge in [-0.25, -0.2) is 4.68 Å². The van der Waals surface area contributed by atoms with Gasteiger partial charge in [-0.2, -0.15) is 5.10 Å². The first kappa shape index (κ1) is 19.8. The van der Waals surface area contributed by atoms with E-state index in [9.17, 15) is 14.4 Å². The number of amides is 2. The van der Waals surface area contributed by atoms with Crippen LogP contribution >= 0.6 is 0 Å². The number of hydrogen-bond donors (Lipinski definition) is 0. The minimum Gasteiger partial charge on any atom is -0.339 e. The van der Waals surface area contributed by atoms with Gasteiger partial charge < -0.3 is 9.80 Å². The maximum atomic E-state index is 12.4. The number of nitrogens with zero attached hydrogens (tertiary/aromatic N) is 4. The Balaban J connectivity index is 1.55. The molecule has 2 heterocycles. The Hall–Kier alpha value is -2.96. The van der Waals surface area contributed by atoms with Crippen molar-refractivity contribution in [3.63, 3.8) is 0 Å². The highest BCUT2D eigenvalue weighted by molar-refractivity contribution is 5.77. The van der Waals surface area contributed by atoms with Crippen molar-refractivity contribution in [2.45, 2.75) is 33.2 Å². The summed E-state index contributed by atoms with van der Waals surface area (Å²) in [6.45, 7) is 6.28. The van der Waals surface area contributed by atoms with Crippen LogP contribution in [0.5, 0.6) is 0 Å². The highest BCUT2D eigenvalue weighted by atomic mass is 16.2. The van der Waals surface area contributed by atoms with Crippen LogP contribution in [0.3, 0.4) is 0 Å². The topological polar surface area (TPSA) is 75.5 Å². The van der Waals surface area contributed by atoms with Crippen LogP contribution in [0.1, 0.15) is 25.3 Å². The molecular weight excluding hydrogens is 356 g/mol. The maximum Gasteiger partial charge on any atom is 0.266 e. The van der Waals surface area contributed by atoms with Gasteiger partial charge in [-0.15, -0.1) is 0 Å². The van der Waals surface area contributed by atoms with Crippen LogP contribution in [0.4, 0.5) is 0 Å². The number of aryl methyl sites for hydroxylation is 2. The Morgan fingerprint density at radius 3 is 2.25 bits per heavy atom. The summed E-state index contributed by atoms with van der Waals surface area (Å²) in [6.07, 6.45) is 0.916. The van der Waals surface area contributed by atoms with Crippen molar-refractivity contribution in [3.05, 3.63) is 52.3 Å². The Morgan fingerprint density at radius 2 is 1.61 bits per heavy atom. The quantitative estimate of drug-likeness (QED) is 0.789. The smallest absolute Gasteiger partial charge is 0.266 e. The molecule has 2 aromatic rings. The molecule has 0 radical (unpaired) electrons. The number of carbonyl (C=O) groups is 2. The molecule has 1 aliphatic rings. The third-order valence-electron chi connectivity index (χ3n) is 5.05. The van der Waals surface area contributed by atoms with Gasteiger partial charge in [-0.05, 0) is 19.4 Å². The zero-order chi connectivity index (χ0) is 20.1. The fourth-order valence-electron chi connectivity index (χ4n) is 3.30. The van der Waals surface area contributed by atoms with Crippen LogP contribution in [0.2, 0.25) is 0 Å². The lowest BCUT2D eigenvalue weighted by Crippen LogP contribution is -2.50. The van der Waals surface area contributed by atoms with Crippen LogP contribution in [-0.4, -0.2) is 57.6 Å². The number of rotatable bonds is 5. The predicted octanol–water partition coefficient (Wildman–Crippen LogP) is 1.69. The second-order valence-corrected chi connectivity index (χ2v) is 7.14. The molecule has 2 amide bonds. The second kappa shape index (κ2) is 8.82. The molecule has 0 atom stereocenters. The lowest BCUT2D eigenvalue weighted by molar-refractivity contribution is -0.138. The van der Waals surface area contributed by atoms with Crippen molar-refractivity contribution >= 4 is 11.8 Å². The molecule has 7 heteroatoms. The summed E-state index contributed by atoms with van der Waals surface area (Å²) in [5.74, 6) is 0.108. The average Bonchev–Trinajstić information content (AvgIpc) is 2.70. The van der Waals surface area contributed by atoms with Gasteiger partial charge in [0, 0.05) is 57.7 Å². The SMILES string of the molecule is CC(=O)N1CCN(C(=O)CCCn2nc(-c3ccc(C)cc3)ccc2=O)CC1. The molecule has 7 nitrogen and oxygen atoms in total. The van der Waals surface area contributed by atoms with Crippen LogP contribution in [0.15, 0.2) is 41.2 Å². The normalized spacial score (nSPS) is 14.2. The largest absolute Gasteiger partial charge is 0.339 e. The molecule has 0 spiro atoms. The van der Waals surface area contributed by atoms with E-state index in [1.54, 1.807) is 22.8 Å². The highest BCUT2D eigenvalue weighted by Gasteiger charge is 2.21. The first-order valence-corrected chi connectivity index (χ1v) is 9.62.